The fourth-order valence-electron chi connectivity index (χ4n) is 3.30. The molecule has 3 nitrogen and oxygen atoms in total. The van der Waals surface area contributed by atoms with Crippen molar-refractivity contribution < 1.29 is 9.18 Å². The molecule has 0 bridgehead atoms. The molecule has 0 aromatic carbocycles. The molecular formula is C12H17FN2O. The van der Waals surface area contributed by atoms with E-state index in [1.54, 1.807) is 11.9 Å². The van der Waals surface area contributed by atoms with E-state index < -0.39 is 6.17 Å². The quantitative estimate of drug-likeness (QED) is 0.616. The van der Waals surface area contributed by atoms with E-state index in [9.17, 15) is 9.18 Å². The Balaban J connectivity index is 1.98. The van der Waals surface area contributed by atoms with Crippen molar-refractivity contribution >= 4 is 5.91 Å². The average molecular weight is 224 g/mol. The van der Waals surface area contributed by atoms with Crippen LogP contribution in [0.5, 0.6) is 0 Å². The third-order valence-electron chi connectivity index (χ3n) is 4.00. The van der Waals surface area contributed by atoms with Gasteiger partial charge in [0.05, 0.1) is 18.2 Å². The third-order valence-corrected chi connectivity index (χ3v) is 4.00. The number of carbonyl (C=O) groups is 1. The number of alkyl halides is 1. The Kier molecular flexibility index (Phi) is 1.76. The Morgan fingerprint density at radius 2 is 2.12 bits per heavy atom. The largest absolute Gasteiger partial charge is 0.366 e. The number of amides is 1. The van der Waals surface area contributed by atoms with E-state index >= 15 is 0 Å². The number of hydrogen-bond acceptors (Lipinski definition) is 2. The number of rotatable bonds is 0. The van der Waals surface area contributed by atoms with Gasteiger partial charge in [0.1, 0.15) is 0 Å². The summed E-state index contributed by atoms with van der Waals surface area (Å²) in [6, 6.07) is -0.0855. The Morgan fingerprint density at radius 1 is 1.44 bits per heavy atom. The zero-order chi connectivity index (χ0) is 11.7. The molecule has 1 saturated heterocycles. The highest BCUT2D eigenvalue weighted by atomic mass is 19.1. The number of carbonyl (C=O) groups excluding carboxylic acids is 1. The van der Waals surface area contributed by atoms with Crippen LogP contribution in [0.1, 0.15) is 20.3 Å². The SMILES string of the molecule is CN1CC2=C(C1=O)[C@@H](F)C1CC(C)(C)CN21. The summed E-state index contributed by atoms with van der Waals surface area (Å²) in [4.78, 5) is 15.5. The minimum atomic E-state index is -1.07. The van der Waals surface area contributed by atoms with E-state index in [1.807, 2.05) is 0 Å². The molecule has 0 aromatic rings. The maximum absolute atomic E-state index is 14.3. The van der Waals surface area contributed by atoms with Gasteiger partial charge < -0.3 is 9.80 Å². The third kappa shape index (κ3) is 1.10. The van der Waals surface area contributed by atoms with Gasteiger partial charge >= 0.3 is 0 Å². The second-order valence-electron chi connectivity index (χ2n) is 5.99. The minimum Gasteiger partial charge on any atom is -0.366 e. The molecule has 1 unspecified atom stereocenters. The van der Waals surface area contributed by atoms with Gasteiger partial charge in [-0.1, -0.05) is 13.8 Å². The van der Waals surface area contributed by atoms with Gasteiger partial charge in [0.25, 0.3) is 5.91 Å². The van der Waals surface area contributed by atoms with Gasteiger partial charge in [-0.2, -0.15) is 0 Å². The van der Waals surface area contributed by atoms with Gasteiger partial charge in [-0.15, -0.1) is 0 Å². The van der Waals surface area contributed by atoms with Crippen molar-refractivity contribution in [2.45, 2.75) is 32.5 Å². The zero-order valence-electron chi connectivity index (χ0n) is 9.96. The van der Waals surface area contributed by atoms with Crippen molar-refractivity contribution in [3.05, 3.63) is 11.3 Å². The Labute approximate surface area is 94.9 Å². The monoisotopic (exact) mass is 224 g/mol. The van der Waals surface area contributed by atoms with E-state index in [0.29, 0.717) is 12.1 Å². The van der Waals surface area contributed by atoms with E-state index in [4.69, 9.17) is 0 Å². The Morgan fingerprint density at radius 3 is 2.81 bits per heavy atom. The lowest BCUT2D eigenvalue weighted by Gasteiger charge is -2.25. The van der Waals surface area contributed by atoms with Crippen molar-refractivity contribution in [2.75, 3.05) is 20.1 Å². The lowest BCUT2D eigenvalue weighted by Crippen LogP contribution is -2.36. The van der Waals surface area contributed by atoms with Gasteiger partial charge in [-0.25, -0.2) is 4.39 Å². The Bertz CT molecular complexity index is 402. The van der Waals surface area contributed by atoms with Crippen molar-refractivity contribution in [3.8, 4) is 0 Å². The average Bonchev–Trinajstić information content (AvgIpc) is 2.71. The first-order valence-corrected chi connectivity index (χ1v) is 5.80. The van der Waals surface area contributed by atoms with E-state index in [1.165, 1.54) is 0 Å². The van der Waals surface area contributed by atoms with E-state index in [0.717, 1.165) is 18.7 Å². The second-order valence-corrected chi connectivity index (χ2v) is 5.99. The predicted octanol–water partition coefficient (Wildman–Crippen LogP) is 1.16. The van der Waals surface area contributed by atoms with Crippen LogP contribution in [-0.4, -0.2) is 48.1 Å². The Hall–Kier alpha value is -1.06. The maximum Gasteiger partial charge on any atom is 0.254 e. The highest BCUT2D eigenvalue weighted by molar-refractivity contribution is 5.98. The summed E-state index contributed by atoms with van der Waals surface area (Å²) in [7, 11) is 1.74. The molecule has 0 aromatic heterocycles. The number of nitrogens with zero attached hydrogens (tertiary/aromatic N) is 2. The molecule has 0 aliphatic carbocycles. The standard InChI is InChI=1S/C12H17FN2O/c1-12(2)4-7-10(13)9-8(15(7)6-12)5-14(3)11(9)16/h7,10H,4-6H2,1-3H3/t7?,10-/m0/s1. The molecule has 4 heteroatoms. The van der Waals surface area contributed by atoms with Crippen LogP contribution in [0.15, 0.2) is 11.3 Å². The lowest BCUT2D eigenvalue weighted by molar-refractivity contribution is -0.125. The molecule has 0 spiro atoms. The topological polar surface area (TPSA) is 23.6 Å². The van der Waals surface area contributed by atoms with E-state index in [-0.39, 0.29) is 17.4 Å². The van der Waals surface area contributed by atoms with E-state index in [2.05, 4.69) is 18.7 Å². The summed E-state index contributed by atoms with van der Waals surface area (Å²) in [5.41, 5.74) is 1.54. The van der Waals surface area contributed by atoms with Crippen LogP contribution in [0.3, 0.4) is 0 Å². The highest BCUT2D eigenvalue weighted by Crippen LogP contribution is 2.47. The highest BCUT2D eigenvalue weighted by Gasteiger charge is 2.53. The van der Waals surface area contributed by atoms with Crippen LogP contribution >= 0.6 is 0 Å². The van der Waals surface area contributed by atoms with Crippen molar-refractivity contribution in [1.29, 1.82) is 0 Å². The molecule has 0 radical (unpaired) electrons. The first kappa shape index (κ1) is 10.1. The molecule has 3 aliphatic heterocycles. The predicted molar refractivity (Wildman–Crippen MR) is 58.5 cm³/mol. The molecule has 88 valence electrons. The fourth-order valence-corrected chi connectivity index (χ4v) is 3.30. The molecule has 3 aliphatic rings. The molecule has 1 fully saturated rings. The van der Waals surface area contributed by atoms with Gasteiger partial charge in [0, 0.05) is 19.3 Å². The van der Waals surface area contributed by atoms with Crippen molar-refractivity contribution in [3.63, 3.8) is 0 Å². The maximum atomic E-state index is 14.3. The fraction of sp³-hybridized carbons (Fsp3) is 0.750. The van der Waals surface area contributed by atoms with Gasteiger partial charge in [-0.3, -0.25) is 4.79 Å². The summed E-state index contributed by atoms with van der Waals surface area (Å²) >= 11 is 0. The summed E-state index contributed by atoms with van der Waals surface area (Å²) in [5, 5.41) is 0. The number of halogens is 1. The molecule has 16 heavy (non-hydrogen) atoms. The zero-order valence-corrected chi connectivity index (χ0v) is 9.96. The summed E-state index contributed by atoms with van der Waals surface area (Å²) in [6.45, 7) is 5.79. The van der Waals surface area contributed by atoms with Gasteiger partial charge in [0.15, 0.2) is 6.17 Å². The number of hydrogen-bond donors (Lipinski definition) is 0. The van der Waals surface area contributed by atoms with Crippen LogP contribution in [-0.2, 0) is 4.79 Å². The first-order chi connectivity index (χ1) is 7.41. The normalized spacial score (nSPS) is 36.1. The molecule has 1 amide bonds. The molecular weight excluding hydrogens is 207 g/mol. The smallest absolute Gasteiger partial charge is 0.254 e. The molecule has 3 heterocycles. The van der Waals surface area contributed by atoms with Crippen molar-refractivity contribution in [1.82, 2.24) is 9.80 Å². The number of likely N-dealkylation sites (N-methyl/N-ethyl adjacent to an activating group) is 1. The van der Waals surface area contributed by atoms with Crippen LogP contribution < -0.4 is 0 Å². The summed E-state index contributed by atoms with van der Waals surface area (Å²) in [5.74, 6) is -0.116. The van der Waals surface area contributed by atoms with Crippen LogP contribution in [0.4, 0.5) is 4.39 Å². The molecule has 0 N–H and O–H groups in total. The second kappa shape index (κ2) is 2.79. The lowest BCUT2D eigenvalue weighted by atomic mass is 9.88. The molecule has 3 rings (SSSR count). The molecule has 2 atom stereocenters. The summed E-state index contributed by atoms with van der Waals surface area (Å²) < 4.78 is 14.3. The van der Waals surface area contributed by atoms with Gasteiger partial charge in [-0.05, 0) is 11.8 Å². The van der Waals surface area contributed by atoms with Crippen LogP contribution in [0.25, 0.3) is 0 Å². The molecule has 0 saturated carbocycles. The van der Waals surface area contributed by atoms with Gasteiger partial charge in [0.2, 0.25) is 0 Å². The van der Waals surface area contributed by atoms with Crippen LogP contribution in [0, 0.1) is 5.41 Å². The van der Waals surface area contributed by atoms with Crippen LogP contribution in [0.2, 0.25) is 0 Å². The van der Waals surface area contributed by atoms with Crippen molar-refractivity contribution in [2.24, 2.45) is 5.41 Å². The number of fused-ring (bicyclic) bond motifs is 2. The minimum absolute atomic E-state index is 0.0855. The first-order valence-electron chi connectivity index (χ1n) is 5.80. The summed E-state index contributed by atoms with van der Waals surface area (Å²) in [6.07, 6.45) is -0.229.